The molecule has 24 heavy (non-hydrogen) atoms. The summed E-state index contributed by atoms with van der Waals surface area (Å²) in [6.07, 6.45) is 1.91. The van der Waals surface area contributed by atoms with Crippen LogP contribution in [-0.4, -0.2) is 31.7 Å². The Morgan fingerprint density at radius 1 is 1.17 bits per heavy atom. The fourth-order valence-electron chi connectivity index (χ4n) is 2.42. The van der Waals surface area contributed by atoms with E-state index in [1.165, 1.54) is 11.8 Å². The van der Waals surface area contributed by atoms with E-state index < -0.39 is 0 Å². The summed E-state index contributed by atoms with van der Waals surface area (Å²) in [4.78, 5) is 17.3. The lowest BCUT2D eigenvalue weighted by Gasteiger charge is -1.97. The number of carbonyl (C=O) groups is 1. The average Bonchev–Trinajstić information content (AvgIpc) is 3.30. The first-order valence-corrected chi connectivity index (χ1v) is 8.40. The molecule has 0 radical (unpaired) electrons. The van der Waals surface area contributed by atoms with Crippen LogP contribution in [0.3, 0.4) is 0 Å². The lowest BCUT2D eigenvalue weighted by Crippen LogP contribution is -1.93. The molecule has 0 saturated carbocycles. The SMILES string of the molecule is CC(=O)CSc1nnc(-c2ccc(-c3ccc4[nH]ccc4c3)o2)[nH]1. The van der Waals surface area contributed by atoms with Crippen molar-refractivity contribution in [1.29, 1.82) is 0 Å². The summed E-state index contributed by atoms with van der Waals surface area (Å²) in [6.45, 7) is 1.55. The van der Waals surface area contributed by atoms with Gasteiger partial charge in [0.15, 0.2) is 16.7 Å². The number of fused-ring (bicyclic) bond motifs is 1. The van der Waals surface area contributed by atoms with Gasteiger partial charge in [0.05, 0.1) is 5.75 Å². The molecule has 4 aromatic rings. The normalized spacial score (nSPS) is 11.2. The average molecular weight is 338 g/mol. The number of hydrogen-bond acceptors (Lipinski definition) is 5. The molecule has 3 heterocycles. The van der Waals surface area contributed by atoms with E-state index >= 15 is 0 Å². The van der Waals surface area contributed by atoms with Gasteiger partial charge in [-0.1, -0.05) is 11.8 Å². The highest BCUT2D eigenvalue weighted by atomic mass is 32.2. The van der Waals surface area contributed by atoms with E-state index in [1.54, 1.807) is 6.92 Å². The second-order valence-corrected chi connectivity index (χ2v) is 6.38. The van der Waals surface area contributed by atoms with Crippen LogP contribution in [-0.2, 0) is 4.79 Å². The third kappa shape index (κ3) is 2.85. The number of furan rings is 1. The molecule has 0 aliphatic heterocycles. The fourth-order valence-corrected chi connectivity index (χ4v) is 3.03. The topological polar surface area (TPSA) is 87.6 Å². The Hall–Kier alpha value is -2.80. The van der Waals surface area contributed by atoms with E-state index in [-0.39, 0.29) is 5.78 Å². The first-order chi connectivity index (χ1) is 11.7. The maximum atomic E-state index is 11.0. The van der Waals surface area contributed by atoms with E-state index in [2.05, 4.69) is 26.2 Å². The summed E-state index contributed by atoms with van der Waals surface area (Å²) in [7, 11) is 0. The molecular weight excluding hydrogens is 324 g/mol. The molecular formula is C17H14N4O2S. The predicted octanol–water partition coefficient (Wildman–Crippen LogP) is 3.89. The number of H-pyrrole nitrogens is 2. The largest absolute Gasteiger partial charge is 0.453 e. The van der Waals surface area contributed by atoms with Gasteiger partial charge in [-0.05, 0) is 43.3 Å². The van der Waals surface area contributed by atoms with Gasteiger partial charge in [-0.3, -0.25) is 4.79 Å². The number of nitrogens with one attached hydrogen (secondary N) is 2. The molecule has 0 bridgehead atoms. The summed E-state index contributed by atoms with van der Waals surface area (Å²) in [6, 6.07) is 11.9. The molecule has 0 amide bonds. The fraction of sp³-hybridized carbons (Fsp3) is 0.118. The number of benzene rings is 1. The smallest absolute Gasteiger partial charge is 0.197 e. The highest BCUT2D eigenvalue weighted by Crippen LogP contribution is 2.29. The molecule has 0 spiro atoms. The van der Waals surface area contributed by atoms with E-state index in [0.29, 0.717) is 22.5 Å². The Morgan fingerprint density at radius 2 is 2.04 bits per heavy atom. The number of ketones is 1. The van der Waals surface area contributed by atoms with Crippen molar-refractivity contribution in [1.82, 2.24) is 20.2 Å². The van der Waals surface area contributed by atoms with E-state index in [0.717, 1.165) is 22.2 Å². The van der Waals surface area contributed by atoms with Gasteiger partial charge in [-0.25, -0.2) is 0 Å². The summed E-state index contributed by atoms with van der Waals surface area (Å²) < 4.78 is 5.90. The third-order valence-corrected chi connectivity index (χ3v) is 4.56. The molecule has 0 atom stereocenters. The van der Waals surface area contributed by atoms with Gasteiger partial charge in [0.2, 0.25) is 0 Å². The first-order valence-electron chi connectivity index (χ1n) is 7.42. The third-order valence-electron chi connectivity index (χ3n) is 3.56. The van der Waals surface area contributed by atoms with Crippen LogP contribution in [0.4, 0.5) is 0 Å². The van der Waals surface area contributed by atoms with Crippen LogP contribution in [0.25, 0.3) is 33.8 Å². The highest BCUT2D eigenvalue weighted by Gasteiger charge is 2.12. The number of hydrogen-bond donors (Lipinski definition) is 2. The molecule has 3 aromatic heterocycles. The number of nitrogens with zero attached hydrogens (tertiary/aromatic N) is 2. The van der Waals surface area contributed by atoms with Crippen molar-refractivity contribution >= 4 is 28.4 Å². The molecule has 4 rings (SSSR count). The second kappa shape index (κ2) is 6.01. The lowest BCUT2D eigenvalue weighted by molar-refractivity contribution is -0.114. The van der Waals surface area contributed by atoms with Crippen LogP contribution in [0, 0.1) is 0 Å². The number of carbonyl (C=O) groups excluding carboxylic acids is 1. The van der Waals surface area contributed by atoms with Gasteiger partial charge in [0.1, 0.15) is 11.5 Å². The van der Waals surface area contributed by atoms with Crippen molar-refractivity contribution < 1.29 is 9.21 Å². The van der Waals surface area contributed by atoms with Gasteiger partial charge in [0.25, 0.3) is 0 Å². The summed E-state index contributed by atoms with van der Waals surface area (Å²) in [5, 5.41) is 9.83. The second-order valence-electron chi connectivity index (χ2n) is 5.41. The minimum Gasteiger partial charge on any atom is -0.453 e. The van der Waals surface area contributed by atoms with Gasteiger partial charge in [0, 0.05) is 22.7 Å². The molecule has 0 aliphatic rings. The molecule has 0 fully saturated rings. The van der Waals surface area contributed by atoms with Gasteiger partial charge in [-0.2, -0.15) is 0 Å². The maximum Gasteiger partial charge on any atom is 0.197 e. The van der Waals surface area contributed by atoms with E-state index in [1.807, 2.05) is 36.5 Å². The molecule has 0 aliphatic carbocycles. The lowest BCUT2D eigenvalue weighted by atomic mass is 10.1. The summed E-state index contributed by atoms with van der Waals surface area (Å²) in [5.41, 5.74) is 2.09. The van der Waals surface area contributed by atoms with Crippen LogP contribution < -0.4 is 0 Å². The Balaban J connectivity index is 1.59. The minimum atomic E-state index is 0.0957. The van der Waals surface area contributed by atoms with Gasteiger partial charge < -0.3 is 14.4 Å². The molecule has 0 saturated heterocycles. The highest BCUT2D eigenvalue weighted by molar-refractivity contribution is 7.99. The van der Waals surface area contributed by atoms with Crippen molar-refractivity contribution in [2.75, 3.05) is 5.75 Å². The molecule has 2 N–H and O–H groups in total. The van der Waals surface area contributed by atoms with Crippen LogP contribution in [0.15, 0.2) is 52.2 Å². The van der Waals surface area contributed by atoms with E-state index in [4.69, 9.17) is 4.42 Å². The van der Waals surface area contributed by atoms with Crippen LogP contribution in [0.1, 0.15) is 6.92 Å². The number of Topliss-reactive ketones (excluding diaryl/α,β-unsaturated/α-hetero) is 1. The van der Waals surface area contributed by atoms with Crippen molar-refractivity contribution in [2.24, 2.45) is 0 Å². The van der Waals surface area contributed by atoms with Crippen LogP contribution >= 0.6 is 11.8 Å². The Labute approximate surface area is 141 Å². The monoisotopic (exact) mass is 338 g/mol. The predicted molar refractivity (Wildman–Crippen MR) is 92.8 cm³/mol. The first kappa shape index (κ1) is 14.8. The van der Waals surface area contributed by atoms with Crippen molar-refractivity contribution in [3.8, 4) is 22.9 Å². The van der Waals surface area contributed by atoms with Crippen molar-refractivity contribution in [3.63, 3.8) is 0 Å². The van der Waals surface area contributed by atoms with Crippen LogP contribution in [0.2, 0.25) is 0 Å². The minimum absolute atomic E-state index is 0.0957. The standard InChI is InChI=1S/C17H14N4O2S/c1-10(22)9-24-17-19-16(20-21-17)15-5-4-14(23-15)12-2-3-13-11(8-12)6-7-18-13/h2-8,18H,9H2,1H3,(H,19,20,21). The molecule has 6 nitrogen and oxygen atoms in total. The number of thioether (sulfide) groups is 1. The molecule has 1 aromatic carbocycles. The van der Waals surface area contributed by atoms with Crippen molar-refractivity contribution in [3.05, 3.63) is 42.6 Å². The molecule has 7 heteroatoms. The Bertz CT molecular complexity index is 1010. The Morgan fingerprint density at radius 3 is 2.92 bits per heavy atom. The summed E-state index contributed by atoms with van der Waals surface area (Å²) in [5.74, 6) is 2.39. The summed E-state index contributed by atoms with van der Waals surface area (Å²) >= 11 is 1.33. The zero-order valence-corrected chi connectivity index (χ0v) is 13.7. The van der Waals surface area contributed by atoms with Gasteiger partial charge in [-0.15, -0.1) is 10.2 Å². The van der Waals surface area contributed by atoms with E-state index in [9.17, 15) is 4.79 Å². The number of aromatic nitrogens is 4. The van der Waals surface area contributed by atoms with Crippen LogP contribution in [0.5, 0.6) is 0 Å². The Kier molecular flexibility index (Phi) is 3.70. The zero-order valence-electron chi connectivity index (χ0n) is 12.9. The number of aromatic amines is 2. The maximum absolute atomic E-state index is 11.0. The number of rotatable bonds is 5. The quantitative estimate of drug-likeness (QED) is 0.539. The molecule has 120 valence electrons. The molecule has 0 unspecified atom stereocenters. The van der Waals surface area contributed by atoms with Gasteiger partial charge >= 0.3 is 0 Å². The van der Waals surface area contributed by atoms with Crippen molar-refractivity contribution in [2.45, 2.75) is 12.1 Å². The zero-order chi connectivity index (χ0) is 16.5.